The zero-order valence-electron chi connectivity index (χ0n) is 17.3. The summed E-state index contributed by atoms with van der Waals surface area (Å²) in [6.45, 7) is 2.81. The number of aryl methyl sites for hydroxylation is 1. The van der Waals surface area contributed by atoms with Crippen molar-refractivity contribution in [2.24, 2.45) is 0 Å². The van der Waals surface area contributed by atoms with Crippen LogP contribution in [0.5, 0.6) is 5.75 Å². The van der Waals surface area contributed by atoms with Crippen molar-refractivity contribution in [2.75, 3.05) is 25.3 Å². The van der Waals surface area contributed by atoms with Crippen LogP contribution in [0.25, 0.3) is 6.08 Å². The molecule has 0 saturated carbocycles. The third-order valence-corrected chi connectivity index (χ3v) is 7.18. The van der Waals surface area contributed by atoms with E-state index in [1.54, 1.807) is 30.5 Å². The number of benzene rings is 1. The van der Waals surface area contributed by atoms with Crippen LogP contribution >= 0.6 is 23.5 Å². The van der Waals surface area contributed by atoms with Crippen molar-refractivity contribution in [3.05, 3.63) is 57.1 Å². The predicted molar refractivity (Wildman–Crippen MR) is 124 cm³/mol. The summed E-state index contributed by atoms with van der Waals surface area (Å²) in [5.74, 6) is 2.50. The molecule has 1 aliphatic carbocycles. The lowest BCUT2D eigenvalue weighted by Crippen LogP contribution is -2.38. The first kappa shape index (κ1) is 21.1. The van der Waals surface area contributed by atoms with Crippen molar-refractivity contribution in [2.45, 2.75) is 32.6 Å². The van der Waals surface area contributed by atoms with Gasteiger partial charge in [0.25, 0.3) is 5.91 Å². The maximum atomic E-state index is 12.9. The molecule has 0 bridgehead atoms. The Morgan fingerprint density at radius 3 is 2.90 bits per heavy atom. The van der Waals surface area contributed by atoms with E-state index in [1.807, 2.05) is 10.3 Å². The van der Waals surface area contributed by atoms with Gasteiger partial charge in [0.1, 0.15) is 11.4 Å². The number of methoxy groups -OCH3 is 1. The molecule has 2 heterocycles. The number of allylic oxidation sites excluding steroid dienone is 1. The van der Waals surface area contributed by atoms with Gasteiger partial charge in [0.05, 0.1) is 13.0 Å². The molecule has 3 aliphatic rings. The minimum atomic E-state index is -0.0523. The Balaban J connectivity index is 1.33. The Labute approximate surface area is 186 Å². The summed E-state index contributed by atoms with van der Waals surface area (Å²) < 4.78 is 5.43. The normalized spacial score (nSPS) is 17.7. The number of hydrogen-bond donors (Lipinski definition) is 0. The number of fused-ring (bicyclic) bond motifs is 1. The zero-order chi connectivity index (χ0) is 21.1. The average molecular weight is 443 g/mol. The molecule has 0 unspecified atom stereocenters. The second-order valence-corrected chi connectivity index (χ2v) is 9.50. The highest BCUT2D eigenvalue weighted by Crippen LogP contribution is 2.33. The molecular formula is C23H26N2O3S2. The first-order chi connectivity index (χ1) is 14.6. The van der Waals surface area contributed by atoms with Crippen LogP contribution in [0.1, 0.15) is 36.0 Å². The zero-order valence-corrected chi connectivity index (χ0v) is 19.0. The molecular weight excluding hydrogens is 416 g/mol. The maximum absolute atomic E-state index is 12.9. The van der Waals surface area contributed by atoms with Crippen LogP contribution in [-0.2, 0) is 16.0 Å². The van der Waals surface area contributed by atoms with Gasteiger partial charge in [-0.25, -0.2) is 0 Å². The van der Waals surface area contributed by atoms with E-state index in [-0.39, 0.29) is 11.8 Å². The van der Waals surface area contributed by atoms with E-state index in [4.69, 9.17) is 4.74 Å². The molecule has 0 radical (unpaired) electrons. The first-order valence-corrected chi connectivity index (χ1v) is 12.2. The number of hydrogen-bond acceptors (Lipinski definition) is 5. The van der Waals surface area contributed by atoms with E-state index < -0.39 is 0 Å². The fourth-order valence-electron chi connectivity index (χ4n) is 3.98. The summed E-state index contributed by atoms with van der Waals surface area (Å²) >= 11 is 3.19. The molecule has 1 aromatic rings. The quantitative estimate of drug-likeness (QED) is 0.648. The molecule has 7 heteroatoms. The predicted octanol–water partition coefficient (Wildman–Crippen LogP) is 4.53. The van der Waals surface area contributed by atoms with Crippen LogP contribution in [0, 0.1) is 6.92 Å². The van der Waals surface area contributed by atoms with Crippen molar-refractivity contribution in [3.8, 4) is 5.75 Å². The Kier molecular flexibility index (Phi) is 6.58. The maximum Gasteiger partial charge on any atom is 0.272 e. The lowest BCUT2D eigenvalue weighted by Gasteiger charge is -2.26. The van der Waals surface area contributed by atoms with Gasteiger partial charge in [-0.15, -0.1) is 23.5 Å². The SMILES string of the molecule is COc1cc2c(cc1C)CC(CCCC(=O)N1C=CSC=C1C(=O)N1CCSC1)=C2. The van der Waals surface area contributed by atoms with E-state index in [2.05, 4.69) is 25.1 Å². The van der Waals surface area contributed by atoms with Crippen molar-refractivity contribution in [1.29, 1.82) is 0 Å². The molecule has 1 saturated heterocycles. The number of thioether (sulfide) groups is 2. The van der Waals surface area contributed by atoms with Gasteiger partial charge in [-0.3, -0.25) is 14.5 Å². The molecule has 2 aliphatic heterocycles. The van der Waals surface area contributed by atoms with Crippen molar-refractivity contribution in [3.63, 3.8) is 0 Å². The van der Waals surface area contributed by atoms with E-state index in [9.17, 15) is 9.59 Å². The molecule has 0 aromatic heterocycles. The Bertz CT molecular complexity index is 946. The lowest BCUT2D eigenvalue weighted by atomic mass is 10.0. The van der Waals surface area contributed by atoms with Crippen LogP contribution in [0.4, 0.5) is 0 Å². The van der Waals surface area contributed by atoms with E-state index in [0.717, 1.165) is 42.9 Å². The fourth-order valence-corrected chi connectivity index (χ4v) is 5.54. The lowest BCUT2D eigenvalue weighted by molar-refractivity contribution is -0.133. The van der Waals surface area contributed by atoms with Crippen LogP contribution < -0.4 is 4.74 Å². The Hall–Kier alpha value is -2.12. The summed E-state index contributed by atoms with van der Waals surface area (Å²) in [5, 5.41) is 3.63. The first-order valence-electron chi connectivity index (χ1n) is 10.1. The average Bonchev–Trinajstić information content (AvgIpc) is 3.42. The largest absolute Gasteiger partial charge is 0.496 e. The van der Waals surface area contributed by atoms with Crippen molar-refractivity contribution < 1.29 is 14.3 Å². The van der Waals surface area contributed by atoms with Crippen LogP contribution in [0.3, 0.4) is 0 Å². The van der Waals surface area contributed by atoms with Crippen molar-refractivity contribution >= 4 is 41.4 Å². The van der Waals surface area contributed by atoms with E-state index in [0.29, 0.717) is 18.0 Å². The van der Waals surface area contributed by atoms with Crippen LogP contribution in [0.15, 0.2) is 40.4 Å². The third-order valence-electron chi connectivity index (χ3n) is 5.58. The van der Waals surface area contributed by atoms with Crippen LogP contribution in [0.2, 0.25) is 0 Å². The van der Waals surface area contributed by atoms with Gasteiger partial charge in [0.2, 0.25) is 5.91 Å². The van der Waals surface area contributed by atoms with Gasteiger partial charge >= 0.3 is 0 Å². The summed E-state index contributed by atoms with van der Waals surface area (Å²) in [6.07, 6.45) is 6.95. The molecule has 0 spiro atoms. The number of amides is 2. The fraction of sp³-hybridized carbons (Fsp3) is 0.391. The number of rotatable bonds is 6. The second-order valence-electron chi connectivity index (χ2n) is 7.65. The summed E-state index contributed by atoms with van der Waals surface area (Å²) in [4.78, 5) is 29.0. The Morgan fingerprint density at radius 2 is 2.13 bits per heavy atom. The van der Waals surface area contributed by atoms with Gasteiger partial charge in [-0.1, -0.05) is 17.7 Å². The molecule has 1 fully saturated rings. The molecule has 0 atom stereocenters. The van der Waals surface area contributed by atoms with E-state index >= 15 is 0 Å². The summed E-state index contributed by atoms with van der Waals surface area (Å²) in [5.41, 5.74) is 5.51. The number of carbonyl (C=O) groups excluding carboxylic acids is 2. The minimum absolute atomic E-state index is 0.0216. The number of ether oxygens (including phenoxy) is 1. The van der Waals surface area contributed by atoms with E-state index in [1.165, 1.54) is 33.4 Å². The highest BCUT2D eigenvalue weighted by Gasteiger charge is 2.29. The summed E-state index contributed by atoms with van der Waals surface area (Å²) in [7, 11) is 1.70. The second kappa shape index (κ2) is 9.35. The van der Waals surface area contributed by atoms with Crippen LogP contribution in [-0.4, -0.2) is 46.9 Å². The molecule has 5 nitrogen and oxygen atoms in total. The van der Waals surface area contributed by atoms with Gasteiger partial charge in [-0.2, -0.15) is 0 Å². The Morgan fingerprint density at radius 1 is 1.27 bits per heavy atom. The molecule has 2 amide bonds. The standard InChI is InChI=1S/C23H26N2O3S2/c1-16-10-18-11-17(12-19(18)13-21(16)28-2)4-3-5-22(26)25-7-9-29-14-20(25)23(27)24-6-8-30-15-24/h7,9-10,12-14H,3-6,8,11,15H2,1-2H3. The van der Waals surface area contributed by atoms with Gasteiger partial charge < -0.3 is 9.64 Å². The van der Waals surface area contributed by atoms with Crippen molar-refractivity contribution in [1.82, 2.24) is 9.80 Å². The molecule has 4 rings (SSSR count). The number of carbonyl (C=O) groups is 2. The topological polar surface area (TPSA) is 49.9 Å². The summed E-state index contributed by atoms with van der Waals surface area (Å²) in [6, 6.07) is 4.29. The monoisotopic (exact) mass is 442 g/mol. The molecule has 158 valence electrons. The highest BCUT2D eigenvalue weighted by molar-refractivity contribution is 8.05. The van der Waals surface area contributed by atoms with Gasteiger partial charge in [0, 0.05) is 30.3 Å². The minimum Gasteiger partial charge on any atom is -0.496 e. The smallest absolute Gasteiger partial charge is 0.272 e. The molecule has 30 heavy (non-hydrogen) atoms. The van der Waals surface area contributed by atoms with Gasteiger partial charge in [0.15, 0.2) is 0 Å². The van der Waals surface area contributed by atoms with Gasteiger partial charge in [-0.05, 0) is 54.4 Å². The molecule has 1 aromatic carbocycles. The molecule has 0 N–H and O–H groups in total. The highest BCUT2D eigenvalue weighted by atomic mass is 32.2. The number of nitrogens with zero attached hydrogens (tertiary/aromatic N) is 2. The third kappa shape index (κ3) is 4.47.